The van der Waals surface area contributed by atoms with E-state index < -0.39 is 0 Å². The first kappa shape index (κ1) is 64.2. The van der Waals surface area contributed by atoms with Crippen molar-refractivity contribution in [3.05, 3.63) is 11.6 Å². The fourth-order valence-corrected chi connectivity index (χ4v) is 10.6. The van der Waals surface area contributed by atoms with Gasteiger partial charge in [-0.3, -0.25) is 4.79 Å². The van der Waals surface area contributed by atoms with E-state index in [1.54, 1.807) is 5.57 Å². The van der Waals surface area contributed by atoms with Gasteiger partial charge in [0, 0.05) is 12.5 Å². The number of hydrogen-bond acceptors (Lipinski definition) is 2. The molecule has 0 saturated heterocycles. The van der Waals surface area contributed by atoms with Gasteiger partial charge in [0.15, 0.2) is 0 Å². The maximum absolute atomic E-state index is 13.0. The van der Waals surface area contributed by atoms with Crippen LogP contribution in [-0.4, -0.2) is 38.0 Å². The molecule has 0 aromatic carbocycles. The number of carbonyl (C=O) groups is 1. The number of nitrogens with zero attached hydrogens (tertiary/aromatic N) is 1. The Balaban J connectivity index is 4.73. The number of hydrogen-bond donors (Lipinski definition) is 1. The molecule has 1 N–H and O–H groups in total. The Hall–Kier alpha value is -0.830. The largest absolute Gasteiger partial charge is 0.356 e. The third kappa shape index (κ3) is 49.4. The molecule has 388 valence electrons. The van der Waals surface area contributed by atoms with Crippen LogP contribution >= 0.6 is 0 Å². The van der Waals surface area contributed by atoms with Gasteiger partial charge in [-0.1, -0.05) is 284 Å². The summed E-state index contributed by atoms with van der Waals surface area (Å²) in [4.78, 5) is 15.2. The summed E-state index contributed by atoms with van der Waals surface area (Å²) in [6, 6.07) is 0. The number of allylic oxidation sites excluding steroid dienone is 2. The highest BCUT2D eigenvalue weighted by atomic mass is 16.1. The summed E-state index contributed by atoms with van der Waals surface area (Å²) in [6.07, 6.45) is 68.5. The van der Waals surface area contributed by atoms with Crippen LogP contribution < -0.4 is 5.32 Å². The smallest absolute Gasteiger partial charge is 0.222 e. The first-order chi connectivity index (χ1) is 31.8. The normalized spacial score (nSPS) is 13.5. The van der Waals surface area contributed by atoms with E-state index in [4.69, 9.17) is 0 Å². The third-order valence-electron chi connectivity index (χ3n) is 14.9. The van der Waals surface area contributed by atoms with Crippen molar-refractivity contribution in [2.24, 2.45) is 17.8 Å². The Labute approximate surface area is 412 Å². The molecule has 1 amide bonds. The zero-order valence-corrected chi connectivity index (χ0v) is 46.3. The molecule has 3 heteroatoms. The van der Waals surface area contributed by atoms with Crippen molar-refractivity contribution in [2.75, 3.05) is 27.2 Å². The van der Waals surface area contributed by atoms with E-state index in [1.165, 1.54) is 283 Å². The first-order valence-electron chi connectivity index (χ1n) is 30.4. The van der Waals surface area contributed by atoms with Crippen molar-refractivity contribution in [2.45, 2.75) is 336 Å². The van der Waals surface area contributed by atoms with E-state index in [0.29, 0.717) is 5.92 Å². The Morgan fingerprint density at radius 3 is 1.17 bits per heavy atom. The van der Waals surface area contributed by atoms with E-state index in [2.05, 4.69) is 65.0 Å². The molecule has 65 heavy (non-hydrogen) atoms. The fourth-order valence-electron chi connectivity index (χ4n) is 10.6. The lowest BCUT2D eigenvalue weighted by Crippen LogP contribution is -2.31. The van der Waals surface area contributed by atoms with Gasteiger partial charge in [0.2, 0.25) is 5.91 Å². The minimum absolute atomic E-state index is 0.120. The summed E-state index contributed by atoms with van der Waals surface area (Å²) in [5.41, 5.74) is 1.80. The van der Waals surface area contributed by atoms with Gasteiger partial charge >= 0.3 is 0 Å². The molecule has 0 heterocycles. The highest BCUT2D eigenvalue weighted by molar-refractivity contribution is 5.78. The molecule has 0 spiro atoms. The number of carbonyl (C=O) groups excluding carboxylic acids is 1. The van der Waals surface area contributed by atoms with E-state index in [0.717, 1.165) is 38.3 Å². The van der Waals surface area contributed by atoms with Crippen molar-refractivity contribution in [1.29, 1.82) is 0 Å². The molecule has 0 rings (SSSR count). The fraction of sp³-hybridized carbons (Fsp3) is 0.952. The maximum Gasteiger partial charge on any atom is 0.222 e. The second-order valence-corrected chi connectivity index (χ2v) is 22.2. The average molecular weight is 914 g/mol. The van der Waals surface area contributed by atoms with Gasteiger partial charge in [0.05, 0.1) is 0 Å². The van der Waals surface area contributed by atoms with Gasteiger partial charge < -0.3 is 10.2 Å². The molecule has 0 fully saturated rings. The Kier molecular flexibility index (Phi) is 51.9. The van der Waals surface area contributed by atoms with Crippen LogP contribution in [0.4, 0.5) is 0 Å². The van der Waals surface area contributed by atoms with Gasteiger partial charge in [0.1, 0.15) is 0 Å². The summed E-state index contributed by atoms with van der Waals surface area (Å²) < 4.78 is 0. The minimum atomic E-state index is 0.120. The molecule has 0 aliphatic rings. The first-order valence-corrected chi connectivity index (χ1v) is 30.4. The molecule has 0 aromatic heterocycles. The van der Waals surface area contributed by atoms with Crippen LogP contribution in [0.15, 0.2) is 11.6 Å². The lowest BCUT2D eigenvalue weighted by atomic mass is 9.83. The molecule has 0 aromatic rings. The summed E-state index contributed by atoms with van der Waals surface area (Å²) in [5.74, 6) is 1.85. The van der Waals surface area contributed by atoms with E-state index >= 15 is 0 Å². The third-order valence-corrected chi connectivity index (χ3v) is 14.9. The molecular formula is C62H124N2O. The molecule has 3 nitrogen and oxygen atoms in total. The number of nitrogens with one attached hydrogen (secondary N) is 1. The van der Waals surface area contributed by atoms with Crippen molar-refractivity contribution < 1.29 is 4.79 Å². The van der Waals surface area contributed by atoms with Crippen molar-refractivity contribution in [1.82, 2.24) is 10.2 Å². The van der Waals surface area contributed by atoms with Crippen LogP contribution in [0.5, 0.6) is 0 Å². The Morgan fingerprint density at radius 2 is 0.785 bits per heavy atom. The summed E-state index contributed by atoms with van der Waals surface area (Å²) >= 11 is 0. The second kappa shape index (κ2) is 52.5. The zero-order chi connectivity index (χ0) is 47.5. The van der Waals surface area contributed by atoms with Crippen LogP contribution in [0.1, 0.15) is 336 Å². The van der Waals surface area contributed by atoms with Crippen molar-refractivity contribution in [3.63, 3.8) is 0 Å². The van der Waals surface area contributed by atoms with Gasteiger partial charge in [-0.15, -0.1) is 0 Å². The number of unbranched alkanes of at least 4 members (excludes halogenated alkanes) is 36. The average Bonchev–Trinajstić information content (AvgIpc) is 3.29. The molecule has 0 saturated carbocycles. The highest BCUT2D eigenvalue weighted by Crippen LogP contribution is 2.29. The van der Waals surface area contributed by atoms with Crippen LogP contribution in [0.2, 0.25) is 0 Å². The molecule has 3 atom stereocenters. The topological polar surface area (TPSA) is 32.3 Å². The van der Waals surface area contributed by atoms with E-state index in [1.807, 2.05) is 0 Å². The maximum atomic E-state index is 13.0. The number of amides is 1. The number of rotatable bonds is 54. The van der Waals surface area contributed by atoms with Crippen LogP contribution in [0.3, 0.4) is 0 Å². The zero-order valence-electron chi connectivity index (χ0n) is 46.3. The predicted molar refractivity (Wildman–Crippen MR) is 295 cm³/mol. The molecule has 0 aliphatic heterocycles. The monoisotopic (exact) mass is 913 g/mol. The van der Waals surface area contributed by atoms with Gasteiger partial charge in [-0.05, 0) is 96.7 Å². The Bertz CT molecular complexity index is 958. The highest BCUT2D eigenvalue weighted by Gasteiger charge is 2.19. The van der Waals surface area contributed by atoms with Gasteiger partial charge in [-0.2, -0.15) is 0 Å². The molecular weight excluding hydrogens is 789 g/mol. The minimum Gasteiger partial charge on any atom is -0.356 e. The van der Waals surface area contributed by atoms with Crippen LogP contribution in [0.25, 0.3) is 0 Å². The Morgan fingerprint density at radius 1 is 0.431 bits per heavy atom. The van der Waals surface area contributed by atoms with Crippen molar-refractivity contribution in [3.8, 4) is 0 Å². The molecule has 3 unspecified atom stereocenters. The lowest BCUT2D eigenvalue weighted by molar-refractivity contribution is -0.125. The molecule has 0 aliphatic carbocycles. The van der Waals surface area contributed by atoms with Gasteiger partial charge in [-0.25, -0.2) is 0 Å². The van der Waals surface area contributed by atoms with E-state index in [-0.39, 0.29) is 11.8 Å². The summed E-state index contributed by atoms with van der Waals surface area (Å²) in [7, 11) is 4.25. The lowest BCUT2D eigenvalue weighted by Gasteiger charge is -2.23. The van der Waals surface area contributed by atoms with Crippen molar-refractivity contribution >= 4 is 5.91 Å². The van der Waals surface area contributed by atoms with E-state index in [9.17, 15) is 4.79 Å². The standard InChI is InChI=1S/C62H124N2O/c1-8-11-14-17-20-23-24-25-26-27-28-29-31-34-40-45-52-61(57-58(4)56-59(5)62(65)63-54-47-48-55-64(6)7)53-46-41-36-35-39-44-51-60(49-42-37-32-22-19-16-13-10-3)50-43-38-33-30-21-18-15-12-9-2/h51,58-59,61H,8-50,52-57H2,1-7H3,(H,63,65). The second-order valence-electron chi connectivity index (χ2n) is 22.2. The molecule has 0 radical (unpaired) electrons. The van der Waals surface area contributed by atoms with Crippen LogP contribution in [0, 0.1) is 17.8 Å². The quantitative estimate of drug-likeness (QED) is 0.0487. The predicted octanol–water partition coefficient (Wildman–Crippen LogP) is 20.9. The van der Waals surface area contributed by atoms with Gasteiger partial charge in [0.25, 0.3) is 0 Å². The summed E-state index contributed by atoms with van der Waals surface area (Å²) in [5, 5.41) is 3.25. The summed E-state index contributed by atoms with van der Waals surface area (Å²) in [6.45, 7) is 13.5. The molecule has 0 bridgehead atoms. The SMILES string of the molecule is CCCCCCCCCCCCCCCCCCC(CCCCCCCC=C(CCCCCCCCCC)CCCCCCCCCCC)CC(C)CC(C)C(=O)NCCCCN(C)C. The van der Waals surface area contributed by atoms with Crippen LogP contribution in [-0.2, 0) is 4.79 Å².